The van der Waals surface area contributed by atoms with E-state index in [1.54, 1.807) is 12.2 Å². The van der Waals surface area contributed by atoms with Crippen molar-refractivity contribution in [2.75, 3.05) is 20.7 Å². The number of para-hydroxylation sites is 4. The molecule has 10 heteroatoms. The fourth-order valence-corrected chi connectivity index (χ4v) is 9.10. The minimum atomic E-state index is 0.343. The van der Waals surface area contributed by atoms with Crippen LogP contribution in [0.3, 0.4) is 0 Å². The van der Waals surface area contributed by atoms with E-state index < -0.39 is 0 Å². The topological polar surface area (TPSA) is 129 Å². The summed E-state index contributed by atoms with van der Waals surface area (Å²) < 4.78 is 13.2. The second-order valence-corrected chi connectivity index (χ2v) is 16.9. The lowest BCUT2D eigenvalue weighted by atomic mass is 10.0. The fourth-order valence-electron chi connectivity index (χ4n) is 9.10. The first-order chi connectivity index (χ1) is 34.5. The zero-order valence-electron chi connectivity index (χ0n) is 37.5. The number of furan rings is 2. The van der Waals surface area contributed by atoms with Crippen LogP contribution in [0.5, 0.6) is 0 Å². The maximum atomic E-state index is 8.30. The highest BCUT2D eigenvalue weighted by molar-refractivity contribution is 6.50. The van der Waals surface area contributed by atoms with Gasteiger partial charge in [-0.15, -0.1) is 0 Å². The lowest BCUT2D eigenvalue weighted by Gasteiger charge is -2.26. The van der Waals surface area contributed by atoms with Crippen molar-refractivity contribution in [3.05, 3.63) is 231 Å². The minimum absolute atomic E-state index is 0.343. The molecule has 70 heavy (non-hydrogen) atoms. The Labute approximate surface area is 402 Å². The number of nitrogens with zero attached hydrogens (tertiary/aromatic N) is 4. The first kappa shape index (κ1) is 41.6. The Hall–Kier alpha value is -9.80. The number of anilines is 8. The summed E-state index contributed by atoms with van der Waals surface area (Å²) >= 11 is 0. The summed E-state index contributed by atoms with van der Waals surface area (Å²) in [4.78, 5) is 4.42. The SMILES string of the molecule is N=C1C=CC=C/C1=N/Nc1cccc(N(c2ccc(-c3ccc(N(c4cccc(N/N=C5/C=CC=CC5=N)c4)c4cccc5c4oc4ccccc45)cc3)cc2)c2cccc3c2oc2ccccc23)c1. The number of benzene rings is 8. The van der Waals surface area contributed by atoms with Crippen LogP contribution in [0.15, 0.2) is 250 Å². The van der Waals surface area contributed by atoms with Gasteiger partial charge in [-0.1, -0.05) is 121 Å². The molecule has 0 aliphatic heterocycles. The molecular weight excluding hydrogens is 865 g/mol. The molecule has 10 aromatic rings. The number of fused-ring (bicyclic) bond motifs is 6. The second kappa shape index (κ2) is 17.8. The Kier molecular flexibility index (Phi) is 10.6. The van der Waals surface area contributed by atoms with Crippen LogP contribution < -0.4 is 20.7 Å². The molecule has 2 aromatic heterocycles. The molecule has 0 radical (unpaired) electrons. The first-order valence-electron chi connectivity index (χ1n) is 22.9. The Balaban J connectivity index is 0.910. The lowest BCUT2D eigenvalue weighted by Crippen LogP contribution is -2.12. The molecule has 12 rings (SSSR count). The summed E-state index contributed by atoms with van der Waals surface area (Å²) in [7, 11) is 0. The monoisotopic (exact) mass is 906 g/mol. The molecule has 0 bridgehead atoms. The average Bonchev–Trinajstić information content (AvgIpc) is 3.99. The molecule has 0 spiro atoms. The molecule has 2 heterocycles. The van der Waals surface area contributed by atoms with Gasteiger partial charge in [0, 0.05) is 44.3 Å². The van der Waals surface area contributed by atoms with E-state index in [1.165, 1.54) is 0 Å². The van der Waals surface area contributed by atoms with Crippen LogP contribution in [0.1, 0.15) is 0 Å². The van der Waals surface area contributed by atoms with Crippen LogP contribution in [-0.4, -0.2) is 22.8 Å². The van der Waals surface area contributed by atoms with Crippen molar-refractivity contribution < 1.29 is 8.83 Å². The van der Waals surface area contributed by atoms with Crippen LogP contribution in [-0.2, 0) is 0 Å². The maximum absolute atomic E-state index is 8.30. The quantitative estimate of drug-likeness (QED) is 0.0756. The van der Waals surface area contributed by atoms with Crippen molar-refractivity contribution in [3.8, 4) is 11.1 Å². The zero-order chi connectivity index (χ0) is 47.0. The number of hydrogen-bond donors (Lipinski definition) is 4. The fraction of sp³-hybridized carbons (Fsp3) is 0. The molecule has 4 N–H and O–H groups in total. The highest BCUT2D eigenvalue weighted by atomic mass is 16.3. The number of hydrogen-bond acceptors (Lipinski definition) is 10. The number of nitrogens with one attached hydrogen (secondary N) is 4. The third-order valence-electron chi connectivity index (χ3n) is 12.5. The highest BCUT2D eigenvalue weighted by Crippen LogP contribution is 2.45. The van der Waals surface area contributed by atoms with Gasteiger partial charge in [-0.25, -0.2) is 0 Å². The molecule has 10 nitrogen and oxygen atoms in total. The molecule has 0 saturated carbocycles. The minimum Gasteiger partial charge on any atom is -0.454 e. The zero-order valence-corrected chi connectivity index (χ0v) is 37.5. The van der Waals surface area contributed by atoms with E-state index in [1.807, 2.05) is 97.1 Å². The second-order valence-electron chi connectivity index (χ2n) is 16.9. The maximum Gasteiger partial charge on any atom is 0.159 e. The van der Waals surface area contributed by atoms with Crippen LogP contribution in [0.2, 0.25) is 0 Å². The molecule has 2 aliphatic rings. The van der Waals surface area contributed by atoms with Crippen molar-refractivity contribution in [1.29, 1.82) is 10.8 Å². The van der Waals surface area contributed by atoms with Gasteiger partial charge >= 0.3 is 0 Å². The van der Waals surface area contributed by atoms with Gasteiger partial charge in [-0.05, 0) is 120 Å². The molecule has 2 aliphatic carbocycles. The van der Waals surface area contributed by atoms with E-state index in [4.69, 9.17) is 19.7 Å². The summed E-state index contributed by atoms with van der Waals surface area (Å²) in [5, 5.41) is 29.9. The van der Waals surface area contributed by atoms with Crippen molar-refractivity contribution in [2.45, 2.75) is 0 Å². The third kappa shape index (κ3) is 7.80. The summed E-state index contributed by atoms with van der Waals surface area (Å²) in [5.74, 6) is 0. The van der Waals surface area contributed by atoms with Gasteiger partial charge in [0.05, 0.1) is 34.2 Å². The molecule has 0 saturated heterocycles. The van der Waals surface area contributed by atoms with Gasteiger partial charge in [0.2, 0.25) is 0 Å². The molecule has 0 unspecified atom stereocenters. The van der Waals surface area contributed by atoms with Crippen molar-refractivity contribution in [3.63, 3.8) is 0 Å². The normalized spacial score (nSPS) is 14.5. The predicted molar refractivity (Wildman–Crippen MR) is 290 cm³/mol. The molecular formula is C60H42N8O2. The molecule has 0 atom stereocenters. The summed E-state index contributed by atoms with van der Waals surface area (Å²) in [6, 6.07) is 62.2. The Morgan fingerprint density at radius 2 is 0.771 bits per heavy atom. The summed E-state index contributed by atoms with van der Waals surface area (Å²) in [5.41, 5.74) is 20.5. The molecule has 0 fully saturated rings. The smallest absolute Gasteiger partial charge is 0.159 e. The van der Waals surface area contributed by atoms with Crippen molar-refractivity contribution in [1.82, 2.24) is 0 Å². The summed E-state index contributed by atoms with van der Waals surface area (Å²) in [6.45, 7) is 0. The van der Waals surface area contributed by atoms with Gasteiger partial charge < -0.3 is 18.6 Å². The van der Waals surface area contributed by atoms with E-state index in [9.17, 15) is 0 Å². The Morgan fingerprint density at radius 1 is 0.371 bits per heavy atom. The Bertz CT molecular complexity index is 3630. The van der Waals surface area contributed by atoms with E-state index in [2.05, 4.69) is 152 Å². The van der Waals surface area contributed by atoms with Gasteiger partial charge in [-0.2, -0.15) is 10.2 Å². The predicted octanol–water partition coefficient (Wildman–Crippen LogP) is 15.9. The highest BCUT2D eigenvalue weighted by Gasteiger charge is 2.22. The lowest BCUT2D eigenvalue weighted by molar-refractivity contribution is 0.668. The Morgan fingerprint density at radius 3 is 1.21 bits per heavy atom. The van der Waals surface area contributed by atoms with E-state index in [0.717, 1.165) is 101 Å². The van der Waals surface area contributed by atoms with Crippen molar-refractivity contribution in [2.24, 2.45) is 10.2 Å². The van der Waals surface area contributed by atoms with E-state index in [-0.39, 0.29) is 0 Å². The standard InChI is InChI=1S/C60H42N8O2/c61-51-21-3-5-23-53(51)65-63-41-13-9-15-45(37-41)67(55-25-11-19-49-47-17-1-7-27-57(47)69-59(49)55)43-33-29-39(30-34-43)40-31-35-44(36-32-40)68(56-26-12-20-50-48-18-2-8-28-58(48)70-60(50)56)46-16-10-14-42(38-46)64-66-54-24-6-4-22-52(54)62/h1-38,61-64H/b61-51?,62-52?,65-53-,66-54-. The van der Waals surface area contributed by atoms with Gasteiger partial charge in [-0.3, -0.25) is 21.7 Å². The van der Waals surface area contributed by atoms with Crippen molar-refractivity contribution >= 4 is 112 Å². The van der Waals surface area contributed by atoms with Gasteiger partial charge in [0.15, 0.2) is 11.2 Å². The van der Waals surface area contributed by atoms with E-state index >= 15 is 0 Å². The molecule has 8 aromatic carbocycles. The number of allylic oxidation sites excluding steroid dienone is 8. The van der Waals surface area contributed by atoms with Gasteiger partial charge in [0.25, 0.3) is 0 Å². The van der Waals surface area contributed by atoms with Crippen LogP contribution in [0.25, 0.3) is 55.0 Å². The summed E-state index contributed by atoms with van der Waals surface area (Å²) in [6.07, 6.45) is 14.5. The third-order valence-corrected chi connectivity index (χ3v) is 12.5. The van der Waals surface area contributed by atoms with Crippen LogP contribution in [0.4, 0.5) is 45.5 Å². The number of rotatable bonds is 11. The molecule has 334 valence electrons. The first-order valence-corrected chi connectivity index (χ1v) is 22.9. The van der Waals surface area contributed by atoms with Crippen LogP contribution >= 0.6 is 0 Å². The number of hydrazone groups is 2. The van der Waals surface area contributed by atoms with Gasteiger partial charge in [0.1, 0.15) is 22.6 Å². The average molecular weight is 907 g/mol. The largest absolute Gasteiger partial charge is 0.454 e. The van der Waals surface area contributed by atoms with E-state index in [0.29, 0.717) is 22.8 Å². The molecule has 0 amide bonds. The van der Waals surface area contributed by atoms with Crippen LogP contribution in [0, 0.1) is 10.8 Å².